The van der Waals surface area contributed by atoms with Gasteiger partial charge in [0.1, 0.15) is 18.1 Å². The third-order valence-electron chi connectivity index (χ3n) is 5.40. The fourth-order valence-electron chi connectivity index (χ4n) is 3.79. The number of likely N-dealkylation sites (tertiary alicyclic amines) is 1. The first-order valence-electron chi connectivity index (χ1n) is 9.03. The molecule has 1 aromatic heterocycles. The highest BCUT2D eigenvalue weighted by Gasteiger charge is 2.31. The fourth-order valence-corrected chi connectivity index (χ4v) is 3.79. The number of amides is 1. The van der Waals surface area contributed by atoms with Crippen molar-refractivity contribution in [2.45, 2.75) is 37.8 Å². The maximum Gasteiger partial charge on any atom is 0.257 e. The van der Waals surface area contributed by atoms with E-state index in [1.807, 2.05) is 17.0 Å². The Kier molecular flexibility index (Phi) is 4.49. The summed E-state index contributed by atoms with van der Waals surface area (Å²) in [6.07, 6.45) is 5.18. The summed E-state index contributed by atoms with van der Waals surface area (Å²) in [5.41, 5.74) is 1.94. The van der Waals surface area contributed by atoms with Gasteiger partial charge in [0.05, 0.1) is 11.8 Å². The number of carbonyl (C=O) groups is 1. The van der Waals surface area contributed by atoms with Gasteiger partial charge >= 0.3 is 0 Å². The number of para-hydroxylation sites is 1. The summed E-state index contributed by atoms with van der Waals surface area (Å²) in [5, 5.41) is 3.64. The number of nitrogens with zero attached hydrogens (tertiary/aromatic N) is 1. The van der Waals surface area contributed by atoms with E-state index in [0.29, 0.717) is 17.5 Å². The summed E-state index contributed by atoms with van der Waals surface area (Å²) >= 11 is 0. The molecule has 0 radical (unpaired) electrons. The Morgan fingerprint density at radius 2 is 2.04 bits per heavy atom. The first-order chi connectivity index (χ1) is 12.2. The van der Waals surface area contributed by atoms with Crippen molar-refractivity contribution < 1.29 is 13.9 Å². The highest BCUT2D eigenvalue weighted by atomic mass is 16.5. The van der Waals surface area contributed by atoms with E-state index in [1.165, 1.54) is 11.8 Å². The minimum Gasteiger partial charge on any atom is -0.488 e. The SMILES string of the molecule is C[C@@H]1c2ccccc2O[C@@H]1CNC1CCN(C(=O)c2ccoc2)CC1. The van der Waals surface area contributed by atoms with Crippen molar-refractivity contribution in [1.29, 1.82) is 0 Å². The van der Waals surface area contributed by atoms with Crippen molar-refractivity contribution in [3.8, 4) is 5.75 Å². The van der Waals surface area contributed by atoms with Crippen LogP contribution in [0.5, 0.6) is 5.75 Å². The highest BCUT2D eigenvalue weighted by molar-refractivity contribution is 5.93. The number of furan rings is 1. The van der Waals surface area contributed by atoms with Crippen LogP contribution in [0.4, 0.5) is 0 Å². The van der Waals surface area contributed by atoms with Crippen LogP contribution in [0.3, 0.4) is 0 Å². The molecule has 2 aromatic rings. The molecule has 2 aliphatic heterocycles. The van der Waals surface area contributed by atoms with Crippen LogP contribution in [0.1, 0.15) is 41.6 Å². The number of nitrogens with one attached hydrogen (secondary N) is 1. The van der Waals surface area contributed by atoms with E-state index in [4.69, 9.17) is 9.15 Å². The van der Waals surface area contributed by atoms with Crippen LogP contribution in [0.15, 0.2) is 47.3 Å². The molecule has 1 fully saturated rings. The lowest BCUT2D eigenvalue weighted by molar-refractivity contribution is 0.0699. The van der Waals surface area contributed by atoms with Crippen molar-refractivity contribution in [2.75, 3.05) is 19.6 Å². The molecule has 1 amide bonds. The van der Waals surface area contributed by atoms with E-state index >= 15 is 0 Å². The van der Waals surface area contributed by atoms with Crippen LogP contribution >= 0.6 is 0 Å². The van der Waals surface area contributed by atoms with Crippen LogP contribution in [0.2, 0.25) is 0 Å². The number of fused-ring (bicyclic) bond motifs is 1. The molecule has 5 heteroatoms. The van der Waals surface area contributed by atoms with Crippen molar-refractivity contribution in [3.63, 3.8) is 0 Å². The van der Waals surface area contributed by atoms with Gasteiger partial charge in [0.15, 0.2) is 0 Å². The van der Waals surface area contributed by atoms with Gasteiger partial charge < -0.3 is 19.4 Å². The zero-order chi connectivity index (χ0) is 17.2. The summed E-state index contributed by atoms with van der Waals surface area (Å²) in [6.45, 7) is 4.63. The Morgan fingerprint density at radius 1 is 1.24 bits per heavy atom. The van der Waals surface area contributed by atoms with E-state index in [0.717, 1.165) is 38.2 Å². The second-order valence-corrected chi connectivity index (χ2v) is 6.97. The highest BCUT2D eigenvalue weighted by Crippen LogP contribution is 2.37. The summed E-state index contributed by atoms with van der Waals surface area (Å²) in [4.78, 5) is 14.2. The van der Waals surface area contributed by atoms with Gasteiger partial charge in [0, 0.05) is 37.2 Å². The zero-order valence-electron chi connectivity index (χ0n) is 14.5. The first kappa shape index (κ1) is 16.2. The molecule has 2 atom stereocenters. The van der Waals surface area contributed by atoms with Gasteiger partial charge in [0.2, 0.25) is 0 Å². The molecule has 2 aliphatic rings. The van der Waals surface area contributed by atoms with Gasteiger partial charge in [-0.25, -0.2) is 0 Å². The maximum atomic E-state index is 12.3. The number of carbonyl (C=O) groups excluding carboxylic acids is 1. The van der Waals surface area contributed by atoms with E-state index in [-0.39, 0.29) is 12.0 Å². The summed E-state index contributed by atoms with van der Waals surface area (Å²) in [5.74, 6) is 1.49. The third-order valence-corrected chi connectivity index (χ3v) is 5.40. The lowest BCUT2D eigenvalue weighted by Gasteiger charge is -2.33. The normalized spacial score (nSPS) is 23.3. The average Bonchev–Trinajstić information content (AvgIpc) is 3.29. The number of hydrogen-bond acceptors (Lipinski definition) is 4. The third kappa shape index (κ3) is 3.29. The number of rotatable bonds is 4. The van der Waals surface area contributed by atoms with Crippen LogP contribution < -0.4 is 10.1 Å². The number of hydrogen-bond donors (Lipinski definition) is 1. The molecule has 4 rings (SSSR count). The molecule has 1 saturated heterocycles. The Balaban J connectivity index is 1.25. The second kappa shape index (κ2) is 6.92. The Morgan fingerprint density at radius 3 is 2.76 bits per heavy atom. The van der Waals surface area contributed by atoms with Crippen molar-refractivity contribution >= 4 is 5.91 Å². The fraction of sp³-hybridized carbons (Fsp3) is 0.450. The maximum absolute atomic E-state index is 12.3. The first-order valence-corrected chi connectivity index (χ1v) is 9.03. The predicted molar refractivity (Wildman–Crippen MR) is 94.9 cm³/mol. The molecule has 132 valence electrons. The average molecular weight is 340 g/mol. The Bertz CT molecular complexity index is 720. The smallest absolute Gasteiger partial charge is 0.257 e. The molecule has 0 unspecified atom stereocenters. The molecule has 0 spiro atoms. The minimum absolute atomic E-state index is 0.0652. The van der Waals surface area contributed by atoms with Gasteiger partial charge in [0.25, 0.3) is 5.91 Å². The molecule has 3 heterocycles. The molecule has 1 aromatic carbocycles. The number of piperidine rings is 1. The van der Waals surface area contributed by atoms with Gasteiger partial charge in [-0.2, -0.15) is 0 Å². The van der Waals surface area contributed by atoms with Crippen molar-refractivity contribution in [1.82, 2.24) is 10.2 Å². The summed E-state index contributed by atoms with van der Waals surface area (Å²) in [6, 6.07) is 10.5. The molecule has 1 N–H and O–H groups in total. The minimum atomic E-state index is 0.0652. The Labute approximate surface area is 148 Å². The lowest BCUT2D eigenvalue weighted by Crippen LogP contribution is -2.47. The summed E-state index contributed by atoms with van der Waals surface area (Å²) < 4.78 is 11.1. The summed E-state index contributed by atoms with van der Waals surface area (Å²) in [7, 11) is 0. The van der Waals surface area contributed by atoms with Gasteiger partial charge in [-0.05, 0) is 25.0 Å². The van der Waals surface area contributed by atoms with E-state index in [9.17, 15) is 4.79 Å². The van der Waals surface area contributed by atoms with E-state index < -0.39 is 0 Å². The Hall–Kier alpha value is -2.27. The molecule has 0 aliphatic carbocycles. The van der Waals surface area contributed by atoms with Crippen LogP contribution in [0, 0.1) is 0 Å². The van der Waals surface area contributed by atoms with E-state index in [2.05, 4.69) is 24.4 Å². The van der Waals surface area contributed by atoms with Crippen LogP contribution in [-0.2, 0) is 0 Å². The quantitative estimate of drug-likeness (QED) is 0.929. The molecular weight excluding hydrogens is 316 g/mol. The second-order valence-electron chi connectivity index (χ2n) is 6.97. The van der Waals surface area contributed by atoms with Crippen molar-refractivity contribution in [3.05, 3.63) is 54.0 Å². The standard InChI is InChI=1S/C20H24N2O3/c1-14-17-4-2-3-5-18(17)25-19(14)12-21-16-6-9-22(10-7-16)20(23)15-8-11-24-13-15/h2-5,8,11,13-14,16,19,21H,6-7,9-10,12H2,1H3/t14-,19-/m1/s1. The zero-order valence-corrected chi connectivity index (χ0v) is 14.5. The molecular formula is C20H24N2O3. The van der Waals surface area contributed by atoms with Crippen LogP contribution in [-0.4, -0.2) is 42.6 Å². The monoisotopic (exact) mass is 340 g/mol. The topological polar surface area (TPSA) is 54.7 Å². The van der Waals surface area contributed by atoms with Crippen molar-refractivity contribution in [2.24, 2.45) is 0 Å². The van der Waals surface area contributed by atoms with Gasteiger partial charge in [-0.3, -0.25) is 4.79 Å². The molecule has 25 heavy (non-hydrogen) atoms. The largest absolute Gasteiger partial charge is 0.488 e. The molecule has 0 bridgehead atoms. The lowest BCUT2D eigenvalue weighted by atomic mass is 9.97. The molecule has 5 nitrogen and oxygen atoms in total. The number of benzene rings is 1. The predicted octanol–water partition coefficient (Wildman–Crippen LogP) is 3.04. The van der Waals surface area contributed by atoms with Gasteiger partial charge in [-0.1, -0.05) is 25.1 Å². The van der Waals surface area contributed by atoms with Gasteiger partial charge in [-0.15, -0.1) is 0 Å². The number of ether oxygens (including phenoxy) is 1. The van der Waals surface area contributed by atoms with E-state index in [1.54, 1.807) is 12.3 Å². The molecule has 0 saturated carbocycles. The van der Waals surface area contributed by atoms with Crippen LogP contribution in [0.25, 0.3) is 0 Å².